The summed E-state index contributed by atoms with van der Waals surface area (Å²) in [6.45, 7) is 5.45. The molecular formula is C18H25BrO4. The van der Waals surface area contributed by atoms with Crippen molar-refractivity contribution in [3.8, 4) is 0 Å². The molecule has 1 aromatic rings. The number of carbonyl (C=O) groups excluding carboxylic acids is 1. The number of hydrogen-bond donors (Lipinski definition) is 1. The monoisotopic (exact) mass is 384 g/mol. The third kappa shape index (κ3) is 5.06. The van der Waals surface area contributed by atoms with Crippen molar-refractivity contribution in [1.29, 1.82) is 0 Å². The molecule has 5 heteroatoms. The number of carboxylic acids is 1. The largest absolute Gasteiger partial charge is 0.481 e. The van der Waals surface area contributed by atoms with Gasteiger partial charge in [-0.3, -0.25) is 9.59 Å². The number of methoxy groups -OCH3 is 1. The van der Waals surface area contributed by atoms with Gasteiger partial charge >= 0.3 is 11.9 Å². The van der Waals surface area contributed by atoms with E-state index in [9.17, 15) is 14.7 Å². The highest BCUT2D eigenvalue weighted by Gasteiger charge is 2.35. The Kier molecular flexibility index (Phi) is 6.81. The zero-order chi connectivity index (χ0) is 17.7. The maximum Gasteiger partial charge on any atom is 0.313 e. The normalized spacial score (nSPS) is 14.1. The first-order valence-electron chi connectivity index (χ1n) is 7.71. The van der Waals surface area contributed by atoms with Gasteiger partial charge in [0.1, 0.15) is 0 Å². The molecule has 1 rings (SSSR count). The summed E-state index contributed by atoms with van der Waals surface area (Å²) >= 11 is 3.39. The lowest BCUT2D eigenvalue weighted by molar-refractivity contribution is -0.151. The first-order chi connectivity index (χ1) is 10.6. The highest BCUT2D eigenvalue weighted by Crippen LogP contribution is 2.33. The van der Waals surface area contributed by atoms with Gasteiger partial charge in [0, 0.05) is 4.47 Å². The number of rotatable bonds is 8. The molecule has 0 amide bonds. The van der Waals surface area contributed by atoms with Gasteiger partial charge in [-0.15, -0.1) is 0 Å². The molecule has 4 nitrogen and oxygen atoms in total. The number of hydrogen-bond acceptors (Lipinski definition) is 3. The van der Waals surface area contributed by atoms with Gasteiger partial charge in [-0.2, -0.15) is 0 Å². The summed E-state index contributed by atoms with van der Waals surface area (Å²) in [4.78, 5) is 23.5. The Hall–Kier alpha value is -1.36. The van der Waals surface area contributed by atoms with E-state index in [1.807, 2.05) is 38.1 Å². The fourth-order valence-electron chi connectivity index (χ4n) is 2.63. The summed E-state index contributed by atoms with van der Waals surface area (Å²) in [6.07, 6.45) is 2.71. The van der Waals surface area contributed by atoms with E-state index in [2.05, 4.69) is 15.9 Å². The van der Waals surface area contributed by atoms with Crippen LogP contribution in [-0.2, 0) is 19.7 Å². The summed E-state index contributed by atoms with van der Waals surface area (Å²) < 4.78 is 5.67. The molecule has 1 atom stereocenters. The van der Waals surface area contributed by atoms with Crippen LogP contribution in [0.3, 0.4) is 0 Å². The molecule has 0 spiro atoms. The SMILES string of the molecule is COC(=O)C(C)(C)CCCCC(C)(C(=O)O)c1cccc(Br)c1. The van der Waals surface area contributed by atoms with Crippen LogP contribution in [0.1, 0.15) is 52.0 Å². The summed E-state index contributed by atoms with van der Waals surface area (Å²) in [5.74, 6) is -1.06. The third-order valence-corrected chi connectivity index (χ3v) is 4.89. The van der Waals surface area contributed by atoms with Crippen molar-refractivity contribution in [1.82, 2.24) is 0 Å². The van der Waals surface area contributed by atoms with Crippen LogP contribution in [-0.4, -0.2) is 24.2 Å². The standard InChI is InChI=1S/C18H25BrO4/c1-17(2,16(22)23-4)10-5-6-11-18(3,15(20)21)13-8-7-9-14(19)12-13/h7-9,12H,5-6,10-11H2,1-4H3,(H,20,21). The summed E-state index contributed by atoms with van der Waals surface area (Å²) in [7, 11) is 1.39. The zero-order valence-electron chi connectivity index (χ0n) is 14.2. The topological polar surface area (TPSA) is 63.6 Å². The first-order valence-corrected chi connectivity index (χ1v) is 8.50. The van der Waals surface area contributed by atoms with Gasteiger partial charge in [0.05, 0.1) is 17.9 Å². The summed E-state index contributed by atoms with van der Waals surface area (Å²) in [5, 5.41) is 9.67. The lowest BCUT2D eigenvalue weighted by Gasteiger charge is -2.27. The molecule has 1 aromatic carbocycles. The molecule has 1 unspecified atom stereocenters. The molecular weight excluding hydrogens is 360 g/mol. The van der Waals surface area contributed by atoms with Crippen molar-refractivity contribution in [2.45, 2.75) is 51.9 Å². The minimum absolute atomic E-state index is 0.231. The number of aliphatic carboxylic acids is 1. The number of esters is 1. The van der Waals surface area contributed by atoms with Crippen molar-refractivity contribution < 1.29 is 19.4 Å². The van der Waals surface area contributed by atoms with E-state index >= 15 is 0 Å². The van der Waals surface area contributed by atoms with Gasteiger partial charge in [-0.1, -0.05) is 40.9 Å². The van der Waals surface area contributed by atoms with E-state index in [0.717, 1.165) is 22.9 Å². The lowest BCUT2D eigenvalue weighted by atomic mass is 9.77. The van der Waals surface area contributed by atoms with Crippen LogP contribution >= 0.6 is 15.9 Å². The van der Waals surface area contributed by atoms with E-state index in [0.29, 0.717) is 12.8 Å². The van der Waals surface area contributed by atoms with Gasteiger partial charge in [-0.25, -0.2) is 0 Å². The molecule has 0 bridgehead atoms. The Balaban J connectivity index is 2.72. The van der Waals surface area contributed by atoms with E-state index in [-0.39, 0.29) is 5.97 Å². The number of carbonyl (C=O) groups is 2. The first kappa shape index (κ1) is 19.7. The van der Waals surface area contributed by atoms with Crippen LogP contribution in [0.15, 0.2) is 28.7 Å². The summed E-state index contributed by atoms with van der Waals surface area (Å²) in [6, 6.07) is 7.43. The molecule has 0 radical (unpaired) electrons. The van der Waals surface area contributed by atoms with Crippen LogP contribution in [0, 0.1) is 5.41 Å². The van der Waals surface area contributed by atoms with Crippen LogP contribution in [0.2, 0.25) is 0 Å². The molecule has 1 N–H and O–H groups in total. The Morgan fingerprint density at radius 1 is 1.17 bits per heavy atom. The Morgan fingerprint density at radius 2 is 1.78 bits per heavy atom. The van der Waals surface area contributed by atoms with E-state index in [1.54, 1.807) is 6.92 Å². The Morgan fingerprint density at radius 3 is 2.30 bits per heavy atom. The molecule has 23 heavy (non-hydrogen) atoms. The van der Waals surface area contributed by atoms with Gasteiger partial charge in [0.25, 0.3) is 0 Å². The smallest absolute Gasteiger partial charge is 0.313 e. The maximum absolute atomic E-state index is 11.8. The fourth-order valence-corrected chi connectivity index (χ4v) is 3.03. The second-order valence-electron chi connectivity index (χ2n) is 6.73. The number of benzene rings is 1. The molecule has 128 valence electrons. The van der Waals surface area contributed by atoms with Crippen LogP contribution in [0.4, 0.5) is 0 Å². The second kappa shape index (κ2) is 7.95. The molecule has 0 aromatic heterocycles. The molecule has 0 aliphatic heterocycles. The maximum atomic E-state index is 11.8. The number of carboxylic acid groups (broad SMARTS) is 1. The second-order valence-corrected chi connectivity index (χ2v) is 7.65. The van der Waals surface area contributed by atoms with Gasteiger partial charge in [0.15, 0.2) is 0 Å². The van der Waals surface area contributed by atoms with E-state index in [1.165, 1.54) is 7.11 Å². The summed E-state index contributed by atoms with van der Waals surface area (Å²) in [5.41, 5.74) is -0.685. The highest BCUT2D eigenvalue weighted by atomic mass is 79.9. The Bertz CT molecular complexity index is 568. The molecule has 0 heterocycles. The predicted octanol–water partition coefficient (Wildman–Crippen LogP) is 4.55. The van der Waals surface area contributed by atoms with Crippen LogP contribution < -0.4 is 0 Å². The fraction of sp³-hybridized carbons (Fsp3) is 0.556. The molecule has 0 saturated carbocycles. The van der Waals surface area contributed by atoms with Crippen molar-refractivity contribution in [3.63, 3.8) is 0 Å². The van der Waals surface area contributed by atoms with Crippen LogP contribution in [0.25, 0.3) is 0 Å². The minimum Gasteiger partial charge on any atom is -0.481 e. The third-order valence-electron chi connectivity index (χ3n) is 4.40. The number of ether oxygens (including phenoxy) is 1. The van der Waals surface area contributed by atoms with Crippen LogP contribution in [0.5, 0.6) is 0 Å². The van der Waals surface area contributed by atoms with Gasteiger partial charge in [-0.05, 0) is 51.3 Å². The average Bonchev–Trinajstić information content (AvgIpc) is 2.50. The molecule has 0 aliphatic carbocycles. The molecule has 0 aliphatic rings. The van der Waals surface area contributed by atoms with E-state index < -0.39 is 16.8 Å². The highest BCUT2D eigenvalue weighted by molar-refractivity contribution is 9.10. The van der Waals surface area contributed by atoms with Crippen molar-refractivity contribution in [3.05, 3.63) is 34.3 Å². The Labute approximate surface area is 146 Å². The van der Waals surface area contributed by atoms with Crippen molar-refractivity contribution >= 4 is 27.9 Å². The van der Waals surface area contributed by atoms with Gasteiger partial charge in [0.2, 0.25) is 0 Å². The zero-order valence-corrected chi connectivity index (χ0v) is 15.8. The minimum atomic E-state index is -0.931. The average molecular weight is 385 g/mol. The number of halogens is 1. The van der Waals surface area contributed by atoms with E-state index in [4.69, 9.17) is 4.74 Å². The van der Waals surface area contributed by atoms with Crippen molar-refractivity contribution in [2.24, 2.45) is 5.41 Å². The quantitative estimate of drug-likeness (QED) is 0.527. The molecule has 0 fully saturated rings. The lowest BCUT2D eigenvalue weighted by Crippen LogP contribution is -2.32. The van der Waals surface area contributed by atoms with Crippen molar-refractivity contribution in [2.75, 3.05) is 7.11 Å². The molecule has 0 saturated heterocycles. The number of unbranched alkanes of at least 4 members (excludes halogenated alkanes) is 1. The predicted molar refractivity (Wildman–Crippen MR) is 93.4 cm³/mol. The van der Waals surface area contributed by atoms with Gasteiger partial charge < -0.3 is 9.84 Å².